The van der Waals surface area contributed by atoms with Crippen LogP contribution in [0.5, 0.6) is 0 Å². The van der Waals surface area contributed by atoms with Gasteiger partial charge in [-0.25, -0.2) is 4.79 Å². The quantitative estimate of drug-likeness (QED) is 0.604. The molecule has 0 fully saturated rings. The molecule has 0 aliphatic heterocycles. The van der Waals surface area contributed by atoms with Gasteiger partial charge in [-0.3, -0.25) is 4.79 Å². The predicted octanol–water partition coefficient (Wildman–Crippen LogP) is 2.65. The topological polar surface area (TPSA) is 110 Å². The summed E-state index contributed by atoms with van der Waals surface area (Å²) in [6.07, 6.45) is 0.950. The van der Waals surface area contributed by atoms with Crippen molar-refractivity contribution in [1.29, 1.82) is 0 Å². The van der Waals surface area contributed by atoms with Crippen molar-refractivity contribution in [2.24, 2.45) is 0 Å². The highest BCUT2D eigenvalue weighted by Gasteiger charge is 2.12. The molecule has 9 heteroatoms. The lowest BCUT2D eigenvalue weighted by Crippen LogP contribution is -2.14. The van der Waals surface area contributed by atoms with Crippen molar-refractivity contribution in [2.45, 2.75) is 18.5 Å². The van der Waals surface area contributed by atoms with Crippen LogP contribution in [0, 0.1) is 0 Å². The molecule has 8 nitrogen and oxygen atoms in total. The second-order valence-electron chi connectivity index (χ2n) is 5.61. The van der Waals surface area contributed by atoms with Gasteiger partial charge in [0.15, 0.2) is 0 Å². The molecule has 0 radical (unpaired) electrons. The summed E-state index contributed by atoms with van der Waals surface area (Å²) in [6, 6.07) is 13.9. The standard InChI is InChI=1S/C18H17N5O3S/c1-2-12-3-9-15(10-4-12)23-18(20-21-22-23)27-11-16(24)19-14-7-5-13(6-8-14)17(25)26/h3-10H,2,11H2,1H3,(H,19,24)(H,25,26). The Balaban J connectivity index is 1.60. The highest BCUT2D eigenvalue weighted by atomic mass is 32.2. The van der Waals surface area contributed by atoms with Crippen LogP contribution in [-0.4, -0.2) is 42.9 Å². The molecule has 0 atom stereocenters. The number of aryl methyl sites for hydroxylation is 1. The van der Waals surface area contributed by atoms with Crippen LogP contribution >= 0.6 is 11.8 Å². The zero-order chi connectivity index (χ0) is 19.2. The molecule has 0 aliphatic rings. The Hall–Kier alpha value is -3.20. The van der Waals surface area contributed by atoms with E-state index < -0.39 is 5.97 Å². The number of carboxylic acids is 1. The maximum absolute atomic E-state index is 12.1. The SMILES string of the molecule is CCc1ccc(-n2nnnc2SCC(=O)Nc2ccc(C(=O)O)cc2)cc1. The van der Waals surface area contributed by atoms with Gasteiger partial charge in [-0.2, -0.15) is 4.68 Å². The number of hydrogen-bond acceptors (Lipinski definition) is 6. The van der Waals surface area contributed by atoms with Crippen LogP contribution in [0.25, 0.3) is 5.69 Å². The molecule has 0 aliphatic carbocycles. The molecule has 0 spiro atoms. The van der Waals surface area contributed by atoms with Crippen LogP contribution in [0.1, 0.15) is 22.8 Å². The molecule has 138 valence electrons. The Labute approximate surface area is 159 Å². The third-order valence-corrected chi connectivity index (χ3v) is 4.70. The summed E-state index contributed by atoms with van der Waals surface area (Å²) in [4.78, 5) is 23.0. The number of aromatic carboxylic acids is 1. The van der Waals surface area contributed by atoms with E-state index in [0.29, 0.717) is 10.8 Å². The number of nitrogens with zero attached hydrogens (tertiary/aromatic N) is 4. The van der Waals surface area contributed by atoms with E-state index in [2.05, 4.69) is 27.8 Å². The van der Waals surface area contributed by atoms with Gasteiger partial charge in [0, 0.05) is 5.69 Å². The Bertz CT molecular complexity index is 938. The van der Waals surface area contributed by atoms with E-state index in [4.69, 9.17) is 5.11 Å². The average Bonchev–Trinajstić information content (AvgIpc) is 3.15. The molecule has 2 N–H and O–H groups in total. The molecule has 3 rings (SSSR count). The second-order valence-corrected chi connectivity index (χ2v) is 6.56. The van der Waals surface area contributed by atoms with Crippen LogP contribution in [0.15, 0.2) is 53.7 Å². The van der Waals surface area contributed by atoms with E-state index in [0.717, 1.165) is 12.1 Å². The van der Waals surface area contributed by atoms with E-state index in [-0.39, 0.29) is 17.2 Å². The zero-order valence-electron chi connectivity index (χ0n) is 14.5. The number of amides is 1. The van der Waals surface area contributed by atoms with Crippen molar-refractivity contribution in [1.82, 2.24) is 20.2 Å². The largest absolute Gasteiger partial charge is 0.478 e. The summed E-state index contributed by atoms with van der Waals surface area (Å²) < 4.78 is 1.58. The molecule has 0 saturated heterocycles. The molecule has 1 heterocycles. The minimum Gasteiger partial charge on any atom is -0.478 e. The fourth-order valence-electron chi connectivity index (χ4n) is 2.33. The van der Waals surface area contributed by atoms with Gasteiger partial charge in [-0.1, -0.05) is 30.8 Å². The van der Waals surface area contributed by atoms with Gasteiger partial charge in [0.2, 0.25) is 11.1 Å². The number of thioether (sulfide) groups is 1. The monoisotopic (exact) mass is 383 g/mol. The van der Waals surface area contributed by atoms with Gasteiger partial charge in [0.05, 0.1) is 17.0 Å². The Morgan fingerprint density at radius 3 is 2.44 bits per heavy atom. The van der Waals surface area contributed by atoms with Crippen molar-refractivity contribution >= 4 is 29.3 Å². The number of rotatable bonds is 7. The van der Waals surface area contributed by atoms with Gasteiger partial charge in [-0.05, 0) is 58.8 Å². The number of hydrogen-bond donors (Lipinski definition) is 2. The van der Waals surface area contributed by atoms with E-state index in [1.807, 2.05) is 24.3 Å². The highest BCUT2D eigenvalue weighted by molar-refractivity contribution is 7.99. The van der Waals surface area contributed by atoms with E-state index in [1.54, 1.807) is 16.8 Å². The first-order valence-electron chi connectivity index (χ1n) is 8.20. The average molecular weight is 383 g/mol. The van der Waals surface area contributed by atoms with Gasteiger partial charge >= 0.3 is 5.97 Å². The van der Waals surface area contributed by atoms with Crippen LogP contribution in [0.3, 0.4) is 0 Å². The number of benzene rings is 2. The summed E-state index contributed by atoms with van der Waals surface area (Å²) in [5, 5.41) is 23.7. The minimum atomic E-state index is -1.01. The highest BCUT2D eigenvalue weighted by Crippen LogP contribution is 2.19. The molecule has 0 bridgehead atoms. The van der Waals surface area contributed by atoms with Gasteiger partial charge in [0.1, 0.15) is 0 Å². The Morgan fingerprint density at radius 1 is 1.11 bits per heavy atom. The number of tetrazole rings is 1. The van der Waals surface area contributed by atoms with Gasteiger partial charge < -0.3 is 10.4 Å². The molecule has 3 aromatic rings. The van der Waals surface area contributed by atoms with Crippen LogP contribution in [-0.2, 0) is 11.2 Å². The third-order valence-electron chi connectivity index (χ3n) is 3.78. The number of aromatic nitrogens is 4. The molecule has 0 unspecified atom stereocenters. The third kappa shape index (κ3) is 4.70. The first kappa shape index (κ1) is 18.6. The maximum Gasteiger partial charge on any atom is 0.335 e. The first-order chi connectivity index (χ1) is 13.1. The second kappa shape index (κ2) is 8.45. The number of carbonyl (C=O) groups is 2. The molecule has 1 amide bonds. The van der Waals surface area contributed by atoms with Crippen LogP contribution in [0.4, 0.5) is 5.69 Å². The van der Waals surface area contributed by atoms with Crippen LogP contribution in [0.2, 0.25) is 0 Å². The summed E-state index contributed by atoms with van der Waals surface area (Å²) in [6.45, 7) is 2.08. The van der Waals surface area contributed by atoms with Crippen molar-refractivity contribution < 1.29 is 14.7 Å². The Kier molecular flexibility index (Phi) is 5.82. The number of carbonyl (C=O) groups excluding carboxylic acids is 1. The lowest BCUT2D eigenvalue weighted by atomic mass is 10.1. The van der Waals surface area contributed by atoms with E-state index in [1.165, 1.54) is 29.5 Å². The van der Waals surface area contributed by atoms with Gasteiger partial charge in [-0.15, -0.1) is 5.10 Å². The predicted molar refractivity (Wildman–Crippen MR) is 101 cm³/mol. The minimum absolute atomic E-state index is 0.119. The maximum atomic E-state index is 12.1. The first-order valence-corrected chi connectivity index (χ1v) is 9.19. The fraction of sp³-hybridized carbons (Fsp3) is 0.167. The molecule has 27 heavy (non-hydrogen) atoms. The summed E-state index contributed by atoms with van der Waals surface area (Å²) in [5.74, 6) is -1.13. The normalized spacial score (nSPS) is 10.6. The van der Waals surface area contributed by atoms with Crippen LogP contribution < -0.4 is 5.32 Å². The fourth-order valence-corrected chi connectivity index (χ4v) is 3.02. The van der Waals surface area contributed by atoms with Crippen molar-refractivity contribution in [3.05, 3.63) is 59.7 Å². The lowest BCUT2D eigenvalue weighted by Gasteiger charge is -2.06. The smallest absolute Gasteiger partial charge is 0.335 e. The van der Waals surface area contributed by atoms with Crippen molar-refractivity contribution in [2.75, 3.05) is 11.1 Å². The summed E-state index contributed by atoms with van der Waals surface area (Å²) in [5.41, 5.74) is 2.73. The molecule has 1 aromatic heterocycles. The molecular formula is C18H17N5O3S. The summed E-state index contributed by atoms with van der Waals surface area (Å²) >= 11 is 1.21. The number of anilines is 1. The zero-order valence-corrected chi connectivity index (χ0v) is 15.3. The van der Waals surface area contributed by atoms with E-state index >= 15 is 0 Å². The number of nitrogens with one attached hydrogen (secondary N) is 1. The lowest BCUT2D eigenvalue weighted by molar-refractivity contribution is -0.113. The van der Waals surface area contributed by atoms with Gasteiger partial charge in [0.25, 0.3) is 0 Å². The van der Waals surface area contributed by atoms with Crippen molar-refractivity contribution in [3.63, 3.8) is 0 Å². The summed E-state index contributed by atoms with van der Waals surface area (Å²) in [7, 11) is 0. The van der Waals surface area contributed by atoms with Crippen molar-refractivity contribution in [3.8, 4) is 5.69 Å². The molecular weight excluding hydrogens is 366 g/mol. The molecule has 0 saturated carbocycles. The molecule has 2 aromatic carbocycles. The number of carboxylic acid groups (broad SMARTS) is 1. The Morgan fingerprint density at radius 2 is 1.81 bits per heavy atom. The van der Waals surface area contributed by atoms with E-state index in [9.17, 15) is 9.59 Å².